The summed E-state index contributed by atoms with van der Waals surface area (Å²) in [4.78, 5) is 15.3. The monoisotopic (exact) mass is 247 g/mol. The van der Waals surface area contributed by atoms with Crippen LogP contribution in [0.5, 0.6) is 11.5 Å². The van der Waals surface area contributed by atoms with Gasteiger partial charge in [0.2, 0.25) is 0 Å². The van der Waals surface area contributed by atoms with Gasteiger partial charge in [-0.2, -0.15) is 5.10 Å². The number of aryl methyl sites for hydroxylation is 3. The van der Waals surface area contributed by atoms with E-state index in [1.807, 2.05) is 0 Å². The minimum atomic E-state index is -1.06. The fourth-order valence-electron chi connectivity index (χ4n) is 1.71. The van der Waals surface area contributed by atoms with Gasteiger partial charge >= 0.3 is 5.97 Å². The number of pyridine rings is 1. The van der Waals surface area contributed by atoms with E-state index in [0.717, 1.165) is 0 Å². The van der Waals surface area contributed by atoms with Crippen LogP contribution in [0, 0.1) is 13.8 Å². The summed E-state index contributed by atoms with van der Waals surface area (Å²) in [6.45, 7) is 3.43. The van der Waals surface area contributed by atoms with Crippen LogP contribution >= 0.6 is 0 Å². The zero-order valence-electron chi connectivity index (χ0n) is 10.3. The highest BCUT2D eigenvalue weighted by Crippen LogP contribution is 2.27. The van der Waals surface area contributed by atoms with Crippen LogP contribution in [0.1, 0.15) is 21.7 Å². The molecular formula is C12H13N3O3. The Bertz CT molecular complexity index is 605. The standard InChI is InChI=1S/C12H13N3O3/c1-7-4-10(11(12(16)17)8(2)14-7)18-9-5-13-15(3)6-9/h4-6H,1-3H3,(H,16,17). The highest BCUT2D eigenvalue weighted by Gasteiger charge is 2.17. The summed E-state index contributed by atoms with van der Waals surface area (Å²) in [6.07, 6.45) is 3.19. The number of ether oxygens (including phenoxy) is 1. The van der Waals surface area contributed by atoms with Crippen LogP contribution in [-0.4, -0.2) is 25.8 Å². The number of hydrogen-bond donors (Lipinski definition) is 1. The summed E-state index contributed by atoms with van der Waals surface area (Å²) < 4.78 is 7.13. The molecule has 0 saturated carbocycles. The molecule has 2 heterocycles. The van der Waals surface area contributed by atoms with Gasteiger partial charge in [-0.05, 0) is 13.8 Å². The first kappa shape index (κ1) is 12.1. The Morgan fingerprint density at radius 2 is 2.17 bits per heavy atom. The third kappa shape index (κ3) is 2.32. The van der Waals surface area contributed by atoms with E-state index in [4.69, 9.17) is 4.74 Å². The van der Waals surface area contributed by atoms with Crippen LogP contribution in [-0.2, 0) is 7.05 Å². The molecule has 0 atom stereocenters. The van der Waals surface area contributed by atoms with Crippen molar-refractivity contribution in [3.05, 3.63) is 35.4 Å². The van der Waals surface area contributed by atoms with Crippen molar-refractivity contribution in [2.75, 3.05) is 0 Å². The van der Waals surface area contributed by atoms with E-state index in [1.165, 1.54) is 6.20 Å². The second-order valence-electron chi connectivity index (χ2n) is 3.98. The van der Waals surface area contributed by atoms with E-state index >= 15 is 0 Å². The summed E-state index contributed by atoms with van der Waals surface area (Å²) in [6, 6.07) is 1.60. The molecule has 0 radical (unpaired) electrons. The molecule has 2 aromatic heterocycles. The van der Waals surface area contributed by atoms with E-state index in [9.17, 15) is 9.90 Å². The molecule has 2 rings (SSSR count). The average Bonchev–Trinajstić information content (AvgIpc) is 2.62. The molecule has 0 bridgehead atoms. The van der Waals surface area contributed by atoms with Gasteiger partial charge in [-0.1, -0.05) is 0 Å². The number of nitrogens with zero attached hydrogens (tertiary/aromatic N) is 3. The van der Waals surface area contributed by atoms with Crippen molar-refractivity contribution in [3.63, 3.8) is 0 Å². The van der Waals surface area contributed by atoms with Gasteiger partial charge in [-0.15, -0.1) is 0 Å². The lowest BCUT2D eigenvalue weighted by atomic mass is 10.1. The van der Waals surface area contributed by atoms with E-state index in [2.05, 4.69) is 10.1 Å². The van der Waals surface area contributed by atoms with Crippen LogP contribution in [0.3, 0.4) is 0 Å². The lowest BCUT2D eigenvalue weighted by Crippen LogP contribution is -2.05. The van der Waals surface area contributed by atoms with Gasteiger partial charge in [0, 0.05) is 18.8 Å². The third-order valence-corrected chi connectivity index (χ3v) is 2.42. The quantitative estimate of drug-likeness (QED) is 0.896. The molecule has 1 N–H and O–H groups in total. The van der Waals surface area contributed by atoms with Gasteiger partial charge in [0.25, 0.3) is 0 Å². The normalized spacial score (nSPS) is 10.4. The number of aromatic nitrogens is 3. The molecule has 0 fully saturated rings. The molecule has 94 valence electrons. The van der Waals surface area contributed by atoms with Crippen LogP contribution in [0.25, 0.3) is 0 Å². The predicted molar refractivity (Wildman–Crippen MR) is 64.0 cm³/mol. The highest BCUT2D eigenvalue weighted by molar-refractivity contribution is 5.92. The van der Waals surface area contributed by atoms with Crippen LogP contribution in [0.15, 0.2) is 18.5 Å². The first-order valence-corrected chi connectivity index (χ1v) is 5.35. The van der Waals surface area contributed by atoms with Crippen molar-refractivity contribution in [1.29, 1.82) is 0 Å². The summed E-state index contributed by atoms with van der Waals surface area (Å²) in [5.41, 5.74) is 1.21. The molecule has 0 aliphatic heterocycles. The molecule has 0 saturated heterocycles. The van der Waals surface area contributed by atoms with Crippen molar-refractivity contribution >= 4 is 5.97 Å². The van der Waals surface area contributed by atoms with Crippen LogP contribution in [0.2, 0.25) is 0 Å². The molecule has 0 unspecified atom stereocenters. The van der Waals surface area contributed by atoms with Crippen molar-refractivity contribution in [3.8, 4) is 11.5 Å². The zero-order valence-corrected chi connectivity index (χ0v) is 10.3. The fourth-order valence-corrected chi connectivity index (χ4v) is 1.71. The highest BCUT2D eigenvalue weighted by atomic mass is 16.5. The Morgan fingerprint density at radius 3 is 2.72 bits per heavy atom. The van der Waals surface area contributed by atoms with Gasteiger partial charge in [-0.25, -0.2) is 4.79 Å². The fraction of sp³-hybridized carbons (Fsp3) is 0.250. The SMILES string of the molecule is Cc1cc(Oc2cnn(C)c2)c(C(=O)O)c(C)n1. The summed E-state index contributed by atoms with van der Waals surface area (Å²) in [7, 11) is 1.76. The largest absolute Gasteiger partial charge is 0.477 e. The number of carboxylic acids is 1. The van der Waals surface area contributed by atoms with Gasteiger partial charge in [-0.3, -0.25) is 9.67 Å². The Kier molecular flexibility index (Phi) is 3.01. The average molecular weight is 247 g/mol. The Labute approximate surface area is 104 Å². The Hall–Kier alpha value is -2.37. The van der Waals surface area contributed by atoms with Gasteiger partial charge < -0.3 is 9.84 Å². The van der Waals surface area contributed by atoms with E-state index in [0.29, 0.717) is 17.1 Å². The van der Waals surface area contributed by atoms with E-state index in [1.54, 1.807) is 37.8 Å². The Balaban J connectivity index is 2.45. The van der Waals surface area contributed by atoms with Crippen molar-refractivity contribution in [2.45, 2.75) is 13.8 Å². The number of carboxylic acid groups (broad SMARTS) is 1. The van der Waals surface area contributed by atoms with Crippen LogP contribution in [0.4, 0.5) is 0 Å². The first-order chi connectivity index (χ1) is 8.47. The topological polar surface area (TPSA) is 77.2 Å². The van der Waals surface area contributed by atoms with Gasteiger partial charge in [0.05, 0.1) is 18.1 Å². The van der Waals surface area contributed by atoms with E-state index in [-0.39, 0.29) is 11.3 Å². The molecule has 2 aromatic rings. The molecule has 18 heavy (non-hydrogen) atoms. The zero-order chi connectivity index (χ0) is 13.3. The smallest absolute Gasteiger partial charge is 0.341 e. The Morgan fingerprint density at radius 1 is 1.44 bits per heavy atom. The number of rotatable bonds is 3. The maximum absolute atomic E-state index is 11.2. The van der Waals surface area contributed by atoms with Crippen molar-refractivity contribution in [1.82, 2.24) is 14.8 Å². The minimum absolute atomic E-state index is 0.0736. The maximum atomic E-state index is 11.2. The maximum Gasteiger partial charge on any atom is 0.341 e. The van der Waals surface area contributed by atoms with Gasteiger partial charge in [0.1, 0.15) is 11.3 Å². The van der Waals surface area contributed by atoms with Gasteiger partial charge in [0.15, 0.2) is 5.75 Å². The number of aromatic carboxylic acids is 1. The molecule has 0 aliphatic rings. The van der Waals surface area contributed by atoms with E-state index < -0.39 is 5.97 Å². The molecule has 0 aliphatic carbocycles. The van der Waals surface area contributed by atoms with Crippen molar-refractivity contribution < 1.29 is 14.6 Å². The van der Waals surface area contributed by atoms with Crippen LogP contribution < -0.4 is 4.74 Å². The lowest BCUT2D eigenvalue weighted by molar-refractivity contribution is 0.0693. The number of hydrogen-bond acceptors (Lipinski definition) is 4. The third-order valence-electron chi connectivity index (χ3n) is 2.42. The molecule has 6 heteroatoms. The number of carbonyl (C=O) groups is 1. The summed E-state index contributed by atoms with van der Waals surface area (Å²) in [5.74, 6) is -0.288. The second-order valence-corrected chi connectivity index (χ2v) is 3.98. The molecule has 0 spiro atoms. The summed E-state index contributed by atoms with van der Waals surface area (Å²) in [5, 5.41) is 13.1. The first-order valence-electron chi connectivity index (χ1n) is 5.35. The predicted octanol–water partition coefficient (Wildman–Crippen LogP) is 1.92. The second kappa shape index (κ2) is 4.48. The minimum Gasteiger partial charge on any atom is -0.477 e. The lowest BCUT2D eigenvalue weighted by Gasteiger charge is -2.09. The molecule has 0 amide bonds. The summed E-state index contributed by atoms with van der Waals surface area (Å²) >= 11 is 0. The molecule has 6 nitrogen and oxygen atoms in total. The molecule has 0 aromatic carbocycles. The molecular weight excluding hydrogens is 234 g/mol. The van der Waals surface area contributed by atoms with Crippen molar-refractivity contribution in [2.24, 2.45) is 7.05 Å².